The van der Waals surface area contributed by atoms with Crippen LogP contribution in [0.2, 0.25) is 0 Å². The molecule has 0 saturated carbocycles. The van der Waals surface area contributed by atoms with Gasteiger partial charge in [0.15, 0.2) is 0 Å². The minimum absolute atomic E-state index is 0.330. The lowest BCUT2D eigenvalue weighted by molar-refractivity contribution is 0.0696. The maximum absolute atomic E-state index is 10.9. The summed E-state index contributed by atoms with van der Waals surface area (Å²) in [7, 11) is 0. The summed E-state index contributed by atoms with van der Waals surface area (Å²) in [5, 5.41) is 8.95. The molecule has 0 spiro atoms. The molecule has 1 aromatic rings. The predicted molar refractivity (Wildman–Crippen MR) is 79.3 cm³/mol. The van der Waals surface area contributed by atoms with E-state index in [0.29, 0.717) is 5.56 Å². The van der Waals surface area contributed by atoms with E-state index in [4.69, 9.17) is 5.11 Å². The molecular weight excluding hydrogens is 306 g/mol. The quantitative estimate of drug-likeness (QED) is 0.922. The summed E-state index contributed by atoms with van der Waals surface area (Å²) in [4.78, 5) is 13.4. The molecule has 2 rings (SSSR count). The Morgan fingerprint density at radius 2 is 2.16 bits per heavy atom. The number of hydrogen-bond acceptors (Lipinski definition) is 2. The van der Waals surface area contributed by atoms with Crippen molar-refractivity contribution < 1.29 is 9.90 Å². The molecule has 1 heterocycles. The van der Waals surface area contributed by atoms with Crippen LogP contribution in [0.5, 0.6) is 0 Å². The molecule has 1 saturated heterocycles. The molecule has 0 aliphatic carbocycles. The molecular formula is C15H20BrNO2. The van der Waals surface area contributed by atoms with Crippen LogP contribution in [0, 0.1) is 11.8 Å². The highest BCUT2D eigenvalue weighted by Gasteiger charge is 2.23. The predicted octanol–water partition coefficient (Wildman–Crippen LogP) is 3.63. The first-order valence-electron chi connectivity index (χ1n) is 6.71. The van der Waals surface area contributed by atoms with Gasteiger partial charge in [0.25, 0.3) is 0 Å². The normalized spacial score (nSPS) is 24.4. The third kappa shape index (κ3) is 3.57. The summed E-state index contributed by atoms with van der Waals surface area (Å²) in [6.07, 6.45) is 1.24. The molecule has 0 radical (unpaired) electrons. The van der Waals surface area contributed by atoms with Crippen molar-refractivity contribution in [3.05, 3.63) is 33.8 Å². The van der Waals surface area contributed by atoms with Crippen LogP contribution >= 0.6 is 15.9 Å². The lowest BCUT2D eigenvalue weighted by Gasteiger charge is -2.35. The number of nitrogens with zero attached hydrogens (tertiary/aromatic N) is 1. The topological polar surface area (TPSA) is 40.5 Å². The van der Waals surface area contributed by atoms with Crippen molar-refractivity contribution in [1.29, 1.82) is 0 Å². The van der Waals surface area contributed by atoms with E-state index in [1.165, 1.54) is 6.42 Å². The van der Waals surface area contributed by atoms with E-state index in [-0.39, 0.29) is 0 Å². The van der Waals surface area contributed by atoms with E-state index in [9.17, 15) is 4.79 Å². The number of carboxylic acids is 1. The van der Waals surface area contributed by atoms with Crippen LogP contribution in [0.1, 0.15) is 36.2 Å². The Kier molecular flexibility index (Phi) is 4.63. The van der Waals surface area contributed by atoms with Crippen LogP contribution in [0.4, 0.5) is 0 Å². The summed E-state index contributed by atoms with van der Waals surface area (Å²) in [5.74, 6) is 0.646. The molecule has 1 N–H and O–H groups in total. The zero-order valence-corrected chi connectivity index (χ0v) is 13.0. The first-order chi connectivity index (χ1) is 8.97. The zero-order chi connectivity index (χ0) is 14.0. The van der Waals surface area contributed by atoms with Crippen molar-refractivity contribution in [2.75, 3.05) is 13.1 Å². The number of benzene rings is 1. The SMILES string of the molecule is CC1CCN(Cc2ccc(C(=O)O)cc2Br)CC1C. The van der Waals surface area contributed by atoms with Gasteiger partial charge in [-0.15, -0.1) is 0 Å². The highest BCUT2D eigenvalue weighted by atomic mass is 79.9. The van der Waals surface area contributed by atoms with Crippen LogP contribution in [-0.2, 0) is 6.54 Å². The standard InChI is InChI=1S/C15H20BrNO2/c1-10-5-6-17(8-11(10)2)9-13-4-3-12(15(18)19)7-14(13)16/h3-4,7,10-11H,5-6,8-9H2,1-2H3,(H,18,19). The van der Waals surface area contributed by atoms with E-state index in [1.807, 2.05) is 6.07 Å². The fraction of sp³-hybridized carbons (Fsp3) is 0.533. The molecule has 1 fully saturated rings. The first-order valence-corrected chi connectivity index (χ1v) is 7.50. The average molecular weight is 326 g/mol. The number of aromatic carboxylic acids is 1. The maximum atomic E-state index is 10.9. The molecule has 1 aliphatic rings. The monoisotopic (exact) mass is 325 g/mol. The highest BCUT2D eigenvalue weighted by Crippen LogP contribution is 2.26. The maximum Gasteiger partial charge on any atom is 0.335 e. The second-order valence-corrected chi connectivity index (χ2v) is 6.44. The Labute approximate surface area is 122 Å². The number of carboxylic acid groups (broad SMARTS) is 1. The van der Waals surface area contributed by atoms with Crippen LogP contribution in [0.15, 0.2) is 22.7 Å². The van der Waals surface area contributed by atoms with Crippen LogP contribution < -0.4 is 0 Å². The van der Waals surface area contributed by atoms with E-state index >= 15 is 0 Å². The average Bonchev–Trinajstić information content (AvgIpc) is 2.36. The molecule has 2 atom stereocenters. The molecule has 1 aromatic carbocycles. The lowest BCUT2D eigenvalue weighted by atomic mass is 9.88. The third-order valence-electron chi connectivity index (χ3n) is 4.11. The van der Waals surface area contributed by atoms with Gasteiger partial charge in [-0.25, -0.2) is 4.79 Å². The highest BCUT2D eigenvalue weighted by molar-refractivity contribution is 9.10. The number of carbonyl (C=O) groups is 1. The van der Waals surface area contributed by atoms with E-state index in [2.05, 4.69) is 34.7 Å². The van der Waals surface area contributed by atoms with E-state index in [0.717, 1.165) is 41.5 Å². The minimum atomic E-state index is -0.882. The molecule has 0 bridgehead atoms. The third-order valence-corrected chi connectivity index (χ3v) is 4.85. The molecule has 0 amide bonds. The summed E-state index contributed by atoms with van der Waals surface area (Å²) in [6.45, 7) is 7.75. The van der Waals surface area contributed by atoms with Crippen molar-refractivity contribution in [3.8, 4) is 0 Å². The van der Waals surface area contributed by atoms with E-state index < -0.39 is 5.97 Å². The smallest absolute Gasteiger partial charge is 0.335 e. The number of piperidine rings is 1. The molecule has 4 heteroatoms. The first kappa shape index (κ1) is 14.5. The van der Waals surface area contributed by atoms with Gasteiger partial charge in [0.2, 0.25) is 0 Å². The Morgan fingerprint density at radius 1 is 1.42 bits per heavy atom. The van der Waals surface area contributed by atoms with Crippen molar-refractivity contribution in [2.45, 2.75) is 26.8 Å². The van der Waals surface area contributed by atoms with Gasteiger partial charge in [0.05, 0.1) is 5.56 Å². The fourth-order valence-corrected chi connectivity index (χ4v) is 3.05. The molecule has 3 nitrogen and oxygen atoms in total. The Bertz CT molecular complexity index is 475. The van der Waals surface area contributed by atoms with Gasteiger partial charge in [-0.05, 0) is 42.5 Å². The summed E-state index contributed by atoms with van der Waals surface area (Å²) in [6, 6.07) is 5.28. The second kappa shape index (κ2) is 6.06. The molecule has 1 aliphatic heterocycles. The van der Waals surface area contributed by atoms with Gasteiger partial charge in [0.1, 0.15) is 0 Å². The molecule has 104 valence electrons. The number of halogens is 1. The zero-order valence-electron chi connectivity index (χ0n) is 11.4. The van der Waals surface area contributed by atoms with Crippen molar-refractivity contribution >= 4 is 21.9 Å². The Morgan fingerprint density at radius 3 is 2.74 bits per heavy atom. The second-order valence-electron chi connectivity index (χ2n) is 5.59. The number of hydrogen-bond donors (Lipinski definition) is 1. The lowest BCUT2D eigenvalue weighted by Crippen LogP contribution is -2.37. The number of likely N-dealkylation sites (tertiary alicyclic amines) is 1. The van der Waals surface area contributed by atoms with Crippen LogP contribution in [-0.4, -0.2) is 29.1 Å². The molecule has 19 heavy (non-hydrogen) atoms. The van der Waals surface area contributed by atoms with Gasteiger partial charge in [-0.1, -0.05) is 35.8 Å². The van der Waals surface area contributed by atoms with Gasteiger partial charge in [0, 0.05) is 17.6 Å². The fourth-order valence-electron chi connectivity index (χ4n) is 2.54. The summed E-state index contributed by atoms with van der Waals surface area (Å²) < 4.78 is 0.888. The van der Waals surface area contributed by atoms with Gasteiger partial charge in [-0.3, -0.25) is 4.90 Å². The van der Waals surface area contributed by atoms with Gasteiger partial charge in [-0.2, -0.15) is 0 Å². The summed E-state index contributed by atoms with van der Waals surface area (Å²) >= 11 is 3.48. The van der Waals surface area contributed by atoms with E-state index in [1.54, 1.807) is 12.1 Å². The number of rotatable bonds is 3. The van der Waals surface area contributed by atoms with Crippen molar-refractivity contribution in [3.63, 3.8) is 0 Å². The molecule has 2 unspecified atom stereocenters. The Hall–Kier alpha value is -0.870. The summed E-state index contributed by atoms with van der Waals surface area (Å²) in [5.41, 5.74) is 1.49. The van der Waals surface area contributed by atoms with Gasteiger partial charge < -0.3 is 5.11 Å². The van der Waals surface area contributed by atoms with Crippen LogP contribution in [0.25, 0.3) is 0 Å². The van der Waals surface area contributed by atoms with Crippen molar-refractivity contribution in [1.82, 2.24) is 4.90 Å². The minimum Gasteiger partial charge on any atom is -0.478 e. The van der Waals surface area contributed by atoms with Crippen molar-refractivity contribution in [2.24, 2.45) is 11.8 Å². The largest absolute Gasteiger partial charge is 0.478 e. The van der Waals surface area contributed by atoms with Crippen LogP contribution in [0.3, 0.4) is 0 Å². The molecule has 0 aromatic heterocycles. The Balaban J connectivity index is 2.05. The van der Waals surface area contributed by atoms with Gasteiger partial charge >= 0.3 is 5.97 Å².